The molecule has 0 bridgehead atoms. The highest BCUT2D eigenvalue weighted by Gasteiger charge is 2.25. The molecule has 162 valence electrons. The van der Waals surface area contributed by atoms with Gasteiger partial charge in [0, 0.05) is 65.2 Å². The summed E-state index contributed by atoms with van der Waals surface area (Å²) >= 11 is 0. The number of ether oxygens (including phenoxy) is 2. The SMILES string of the molecule is COCCN(CC1CN(Cc2ccc(N(C)C)cc2)CCO1)C(=O)c1ccccc1. The second-order valence-corrected chi connectivity index (χ2v) is 7.90. The highest BCUT2D eigenvalue weighted by Crippen LogP contribution is 2.16. The molecule has 0 spiro atoms. The molecule has 1 aliphatic heterocycles. The van der Waals surface area contributed by atoms with E-state index in [2.05, 4.69) is 34.1 Å². The van der Waals surface area contributed by atoms with E-state index in [-0.39, 0.29) is 12.0 Å². The van der Waals surface area contributed by atoms with Crippen LogP contribution in [0.2, 0.25) is 0 Å². The van der Waals surface area contributed by atoms with Crippen LogP contribution in [0.4, 0.5) is 5.69 Å². The molecule has 2 aromatic rings. The minimum Gasteiger partial charge on any atom is -0.383 e. The van der Waals surface area contributed by atoms with Gasteiger partial charge in [-0.3, -0.25) is 9.69 Å². The normalized spacial score (nSPS) is 17.0. The number of hydrogen-bond donors (Lipinski definition) is 0. The van der Waals surface area contributed by atoms with E-state index in [0.29, 0.717) is 31.9 Å². The summed E-state index contributed by atoms with van der Waals surface area (Å²) in [6.07, 6.45) is -0.00989. The Balaban J connectivity index is 1.60. The number of benzene rings is 2. The van der Waals surface area contributed by atoms with Crippen molar-refractivity contribution in [2.75, 3.05) is 65.5 Å². The van der Waals surface area contributed by atoms with Crippen LogP contribution in [0.15, 0.2) is 54.6 Å². The Hall–Kier alpha value is -2.41. The molecule has 6 nitrogen and oxygen atoms in total. The molecule has 0 saturated carbocycles. The van der Waals surface area contributed by atoms with Crippen LogP contribution in [-0.2, 0) is 16.0 Å². The van der Waals surface area contributed by atoms with Crippen LogP contribution in [0.25, 0.3) is 0 Å². The standard InChI is InChI=1S/C24H33N3O3/c1-25(2)22-11-9-20(10-12-22)17-26-13-16-30-23(18-26)19-27(14-15-29-3)24(28)21-7-5-4-6-8-21/h4-12,23H,13-19H2,1-3H3. The average molecular weight is 412 g/mol. The van der Waals surface area contributed by atoms with Crippen LogP contribution in [0, 0.1) is 0 Å². The number of hydrogen-bond acceptors (Lipinski definition) is 5. The monoisotopic (exact) mass is 411 g/mol. The maximum Gasteiger partial charge on any atom is 0.254 e. The zero-order valence-electron chi connectivity index (χ0n) is 18.3. The minimum atomic E-state index is -0.00989. The number of nitrogens with zero attached hydrogens (tertiary/aromatic N) is 3. The molecule has 2 aromatic carbocycles. The van der Waals surface area contributed by atoms with Crippen molar-refractivity contribution in [3.8, 4) is 0 Å². The van der Waals surface area contributed by atoms with Crippen molar-refractivity contribution < 1.29 is 14.3 Å². The quantitative estimate of drug-likeness (QED) is 0.635. The van der Waals surface area contributed by atoms with Gasteiger partial charge in [0.2, 0.25) is 0 Å². The highest BCUT2D eigenvalue weighted by molar-refractivity contribution is 5.94. The van der Waals surface area contributed by atoms with E-state index >= 15 is 0 Å². The predicted octanol–water partition coefficient (Wildman–Crippen LogP) is 2.74. The molecule has 0 N–H and O–H groups in total. The Kier molecular flexibility index (Phi) is 8.25. The number of methoxy groups -OCH3 is 1. The van der Waals surface area contributed by atoms with Crippen LogP contribution >= 0.6 is 0 Å². The first kappa shape index (κ1) is 22.3. The number of morpholine rings is 1. The first-order chi connectivity index (χ1) is 14.6. The van der Waals surface area contributed by atoms with Gasteiger partial charge in [-0.15, -0.1) is 0 Å². The van der Waals surface area contributed by atoms with Gasteiger partial charge >= 0.3 is 0 Å². The zero-order valence-corrected chi connectivity index (χ0v) is 18.3. The third kappa shape index (κ3) is 6.29. The van der Waals surface area contributed by atoms with E-state index in [0.717, 1.165) is 19.6 Å². The smallest absolute Gasteiger partial charge is 0.254 e. The van der Waals surface area contributed by atoms with E-state index in [9.17, 15) is 4.79 Å². The van der Waals surface area contributed by atoms with Gasteiger partial charge in [0.05, 0.1) is 19.3 Å². The van der Waals surface area contributed by atoms with Crippen molar-refractivity contribution in [1.29, 1.82) is 0 Å². The molecule has 0 aromatic heterocycles. The fraction of sp³-hybridized carbons (Fsp3) is 0.458. The molecule has 3 rings (SSSR count). The lowest BCUT2D eigenvalue weighted by Crippen LogP contribution is -2.49. The third-order valence-electron chi connectivity index (χ3n) is 5.38. The predicted molar refractivity (Wildman–Crippen MR) is 120 cm³/mol. The van der Waals surface area contributed by atoms with Gasteiger partial charge in [-0.2, -0.15) is 0 Å². The van der Waals surface area contributed by atoms with Gasteiger partial charge in [0.15, 0.2) is 0 Å². The van der Waals surface area contributed by atoms with Crippen molar-refractivity contribution in [2.24, 2.45) is 0 Å². The molecule has 1 fully saturated rings. The largest absolute Gasteiger partial charge is 0.383 e. The molecular formula is C24H33N3O3. The van der Waals surface area contributed by atoms with Gasteiger partial charge in [0.25, 0.3) is 5.91 Å². The molecule has 1 saturated heterocycles. The Bertz CT molecular complexity index is 780. The van der Waals surface area contributed by atoms with E-state index < -0.39 is 0 Å². The Morgan fingerprint density at radius 2 is 1.87 bits per heavy atom. The van der Waals surface area contributed by atoms with Gasteiger partial charge in [-0.1, -0.05) is 30.3 Å². The first-order valence-electron chi connectivity index (χ1n) is 10.5. The molecule has 6 heteroatoms. The summed E-state index contributed by atoms with van der Waals surface area (Å²) in [7, 11) is 5.76. The van der Waals surface area contributed by atoms with E-state index in [4.69, 9.17) is 9.47 Å². The second-order valence-electron chi connectivity index (χ2n) is 7.90. The summed E-state index contributed by atoms with van der Waals surface area (Å²) in [5, 5.41) is 0. The van der Waals surface area contributed by atoms with E-state index in [1.54, 1.807) is 7.11 Å². The van der Waals surface area contributed by atoms with Crippen molar-refractivity contribution in [3.05, 3.63) is 65.7 Å². The van der Waals surface area contributed by atoms with Crippen LogP contribution in [0.5, 0.6) is 0 Å². The number of rotatable bonds is 9. The third-order valence-corrected chi connectivity index (χ3v) is 5.38. The fourth-order valence-electron chi connectivity index (χ4n) is 3.68. The van der Waals surface area contributed by atoms with Gasteiger partial charge < -0.3 is 19.3 Å². The average Bonchev–Trinajstić information content (AvgIpc) is 2.77. The van der Waals surface area contributed by atoms with E-state index in [1.165, 1.54) is 11.3 Å². The lowest BCUT2D eigenvalue weighted by atomic mass is 10.1. The van der Waals surface area contributed by atoms with Crippen LogP contribution in [0.3, 0.4) is 0 Å². The second kappa shape index (κ2) is 11.1. The molecule has 0 aliphatic carbocycles. The topological polar surface area (TPSA) is 45.2 Å². The summed E-state index contributed by atoms with van der Waals surface area (Å²) in [6, 6.07) is 18.1. The fourth-order valence-corrected chi connectivity index (χ4v) is 3.68. The van der Waals surface area contributed by atoms with E-state index in [1.807, 2.05) is 49.3 Å². The van der Waals surface area contributed by atoms with Gasteiger partial charge in [-0.05, 0) is 29.8 Å². The molecule has 1 unspecified atom stereocenters. The zero-order chi connectivity index (χ0) is 21.3. The Labute approximate surface area is 180 Å². The van der Waals surface area contributed by atoms with Crippen molar-refractivity contribution in [1.82, 2.24) is 9.80 Å². The number of anilines is 1. The molecule has 1 heterocycles. The van der Waals surface area contributed by atoms with Crippen molar-refractivity contribution in [3.63, 3.8) is 0 Å². The summed E-state index contributed by atoms with van der Waals surface area (Å²) in [5.41, 5.74) is 3.19. The maximum absolute atomic E-state index is 13.0. The summed E-state index contributed by atoms with van der Waals surface area (Å²) in [6.45, 7) is 4.89. The van der Waals surface area contributed by atoms with Crippen molar-refractivity contribution >= 4 is 11.6 Å². The van der Waals surface area contributed by atoms with Crippen LogP contribution in [-0.4, -0.2) is 82.4 Å². The molecule has 1 aliphatic rings. The number of amides is 1. The highest BCUT2D eigenvalue weighted by atomic mass is 16.5. The van der Waals surface area contributed by atoms with Crippen LogP contribution in [0.1, 0.15) is 15.9 Å². The summed E-state index contributed by atoms with van der Waals surface area (Å²) < 4.78 is 11.2. The Morgan fingerprint density at radius 1 is 1.13 bits per heavy atom. The molecular weight excluding hydrogens is 378 g/mol. The lowest BCUT2D eigenvalue weighted by molar-refractivity contribution is -0.0444. The van der Waals surface area contributed by atoms with Crippen LogP contribution < -0.4 is 4.90 Å². The van der Waals surface area contributed by atoms with Gasteiger partial charge in [-0.25, -0.2) is 0 Å². The molecule has 30 heavy (non-hydrogen) atoms. The maximum atomic E-state index is 13.0. The van der Waals surface area contributed by atoms with Crippen molar-refractivity contribution in [2.45, 2.75) is 12.6 Å². The summed E-state index contributed by atoms with van der Waals surface area (Å²) in [5.74, 6) is 0.0210. The summed E-state index contributed by atoms with van der Waals surface area (Å²) in [4.78, 5) is 19.3. The molecule has 1 amide bonds. The Morgan fingerprint density at radius 3 is 2.53 bits per heavy atom. The van der Waals surface area contributed by atoms with Gasteiger partial charge in [0.1, 0.15) is 0 Å². The lowest BCUT2D eigenvalue weighted by Gasteiger charge is -2.36. The first-order valence-corrected chi connectivity index (χ1v) is 10.5. The molecule has 0 radical (unpaired) electrons. The number of carbonyl (C=O) groups excluding carboxylic acids is 1. The molecule has 1 atom stereocenters. The minimum absolute atomic E-state index is 0.00989. The number of carbonyl (C=O) groups is 1.